The molecule has 2 amide bonds. The van der Waals surface area contributed by atoms with Gasteiger partial charge in [-0.25, -0.2) is 8.42 Å². The van der Waals surface area contributed by atoms with E-state index in [1.54, 1.807) is 43.3 Å². The zero-order valence-electron chi connectivity index (χ0n) is 23.6. The summed E-state index contributed by atoms with van der Waals surface area (Å²) >= 11 is 25.4. The molecule has 0 aliphatic heterocycles. The Kier molecular flexibility index (Phi) is 11.6. The van der Waals surface area contributed by atoms with Crippen molar-refractivity contribution in [2.75, 3.05) is 10.8 Å². The van der Waals surface area contributed by atoms with E-state index in [2.05, 4.69) is 5.32 Å². The predicted octanol–water partition coefficient (Wildman–Crippen LogP) is 7.75. The predicted molar refractivity (Wildman–Crippen MR) is 174 cm³/mol. The minimum absolute atomic E-state index is 0.0160. The third-order valence-electron chi connectivity index (χ3n) is 7.53. The highest BCUT2D eigenvalue weighted by molar-refractivity contribution is 7.92. The monoisotopic (exact) mass is 683 g/mol. The first-order valence-corrected chi connectivity index (χ1v) is 17.0. The van der Waals surface area contributed by atoms with Gasteiger partial charge in [-0.2, -0.15) is 0 Å². The van der Waals surface area contributed by atoms with Crippen LogP contribution in [0.25, 0.3) is 0 Å². The lowest BCUT2D eigenvalue weighted by Crippen LogP contribution is -2.54. The molecule has 12 heteroatoms. The van der Waals surface area contributed by atoms with Crippen molar-refractivity contribution in [3.05, 3.63) is 92.4 Å². The van der Waals surface area contributed by atoms with Crippen LogP contribution in [0.1, 0.15) is 51.0 Å². The largest absolute Gasteiger partial charge is 0.352 e. The normalized spacial score (nSPS) is 14.6. The van der Waals surface area contributed by atoms with E-state index in [4.69, 9.17) is 46.4 Å². The van der Waals surface area contributed by atoms with Crippen LogP contribution in [0.15, 0.2) is 71.6 Å². The molecule has 0 saturated heterocycles. The summed E-state index contributed by atoms with van der Waals surface area (Å²) in [5.41, 5.74) is 0.595. The van der Waals surface area contributed by atoms with Gasteiger partial charge in [0.2, 0.25) is 11.8 Å². The molecule has 0 bridgehead atoms. The van der Waals surface area contributed by atoms with Crippen molar-refractivity contribution < 1.29 is 18.0 Å². The molecule has 1 aliphatic rings. The first-order valence-electron chi connectivity index (χ1n) is 14.1. The standard InChI is InChI=1S/C31H33Cl4N3O4S/c1-2-29(31(40)36-21-10-5-3-6-11-21)37(19-24-25(32)14-9-15-26(24)33)30(39)20-38(22-16-17-27(34)28(35)18-22)43(41,42)23-12-7-4-8-13-23/h4,7-9,12-18,21,29H,2-3,5-6,10-11,19-20H2,1H3,(H,36,40). The Balaban J connectivity index is 1.75. The molecule has 1 fully saturated rings. The van der Waals surface area contributed by atoms with E-state index in [1.807, 2.05) is 0 Å². The van der Waals surface area contributed by atoms with Gasteiger partial charge in [0, 0.05) is 28.2 Å². The molecule has 1 unspecified atom stereocenters. The number of carbonyl (C=O) groups is 2. The number of carbonyl (C=O) groups excluding carboxylic acids is 2. The van der Waals surface area contributed by atoms with Gasteiger partial charge in [-0.15, -0.1) is 0 Å². The number of amides is 2. The fourth-order valence-electron chi connectivity index (χ4n) is 5.21. The number of benzene rings is 3. The van der Waals surface area contributed by atoms with Crippen LogP contribution in [-0.4, -0.2) is 43.8 Å². The van der Waals surface area contributed by atoms with Gasteiger partial charge in [0.05, 0.1) is 20.6 Å². The Hall–Kier alpha value is -2.49. The van der Waals surface area contributed by atoms with E-state index >= 15 is 0 Å². The molecule has 7 nitrogen and oxygen atoms in total. The SMILES string of the molecule is CCC(C(=O)NC1CCCCC1)N(Cc1c(Cl)cccc1Cl)C(=O)CN(c1ccc(Cl)c(Cl)c1)S(=O)(=O)c1ccccc1. The number of hydrogen-bond donors (Lipinski definition) is 1. The molecule has 4 rings (SSSR count). The third-order valence-corrected chi connectivity index (χ3v) is 10.8. The quantitative estimate of drug-likeness (QED) is 0.224. The topological polar surface area (TPSA) is 86.8 Å². The highest BCUT2D eigenvalue weighted by Gasteiger charge is 2.35. The summed E-state index contributed by atoms with van der Waals surface area (Å²) in [5.74, 6) is -0.926. The van der Waals surface area contributed by atoms with Crippen molar-refractivity contribution in [1.82, 2.24) is 10.2 Å². The van der Waals surface area contributed by atoms with Gasteiger partial charge in [0.15, 0.2) is 0 Å². The molecule has 230 valence electrons. The van der Waals surface area contributed by atoms with Gasteiger partial charge in [-0.1, -0.05) is 96.9 Å². The van der Waals surface area contributed by atoms with E-state index in [0.717, 1.165) is 36.4 Å². The number of sulfonamides is 1. The maximum atomic E-state index is 14.3. The summed E-state index contributed by atoms with van der Waals surface area (Å²) in [7, 11) is -4.25. The number of rotatable bonds is 11. The number of hydrogen-bond acceptors (Lipinski definition) is 4. The number of nitrogens with zero attached hydrogens (tertiary/aromatic N) is 2. The lowest BCUT2D eigenvalue weighted by molar-refractivity contribution is -0.140. The Morgan fingerprint density at radius 1 is 0.860 bits per heavy atom. The van der Waals surface area contributed by atoms with Gasteiger partial charge < -0.3 is 10.2 Å². The Morgan fingerprint density at radius 3 is 2.12 bits per heavy atom. The van der Waals surface area contributed by atoms with Crippen LogP contribution < -0.4 is 9.62 Å². The molecule has 0 aromatic heterocycles. The van der Waals surface area contributed by atoms with Crippen LogP contribution in [-0.2, 0) is 26.2 Å². The molecule has 3 aromatic carbocycles. The van der Waals surface area contributed by atoms with Crippen molar-refractivity contribution >= 4 is 73.9 Å². The second-order valence-electron chi connectivity index (χ2n) is 10.4. The molecule has 0 spiro atoms. The zero-order chi connectivity index (χ0) is 31.1. The number of nitrogens with one attached hydrogen (secondary N) is 1. The fourth-order valence-corrected chi connectivity index (χ4v) is 7.44. The second kappa shape index (κ2) is 15.0. The summed E-state index contributed by atoms with van der Waals surface area (Å²) in [6.07, 6.45) is 5.19. The lowest BCUT2D eigenvalue weighted by atomic mass is 9.95. The summed E-state index contributed by atoms with van der Waals surface area (Å²) in [6.45, 7) is 1.08. The average Bonchev–Trinajstić information content (AvgIpc) is 2.99. The second-order valence-corrected chi connectivity index (χ2v) is 13.9. The number of anilines is 1. The summed E-state index contributed by atoms with van der Waals surface area (Å²) in [5, 5.41) is 4.12. The highest BCUT2D eigenvalue weighted by atomic mass is 35.5. The third kappa shape index (κ3) is 8.17. The van der Waals surface area contributed by atoms with Gasteiger partial charge in [-0.3, -0.25) is 13.9 Å². The Labute approximate surface area is 273 Å². The van der Waals surface area contributed by atoms with Crippen molar-refractivity contribution in [2.24, 2.45) is 0 Å². The molecule has 1 saturated carbocycles. The van der Waals surface area contributed by atoms with E-state index in [9.17, 15) is 18.0 Å². The summed E-state index contributed by atoms with van der Waals surface area (Å²) in [4.78, 5) is 29.3. The molecular weight excluding hydrogens is 652 g/mol. The van der Waals surface area contributed by atoms with Crippen LogP contribution >= 0.6 is 46.4 Å². The lowest BCUT2D eigenvalue weighted by Gasteiger charge is -2.34. The molecule has 1 atom stereocenters. The first-order chi connectivity index (χ1) is 20.5. The van der Waals surface area contributed by atoms with Crippen LogP contribution in [0.5, 0.6) is 0 Å². The minimum atomic E-state index is -4.25. The molecule has 0 heterocycles. The molecule has 1 N–H and O–H groups in total. The average molecular weight is 686 g/mol. The van der Waals surface area contributed by atoms with Crippen molar-refractivity contribution in [3.8, 4) is 0 Å². The van der Waals surface area contributed by atoms with E-state index in [1.165, 1.54) is 35.2 Å². The minimum Gasteiger partial charge on any atom is -0.352 e. The zero-order valence-corrected chi connectivity index (χ0v) is 27.5. The fraction of sp³-hybridized carbons (Fsp3) is 0.355. The van der Waals surface area contributed by atoms with Crippen LogP contribution in [0.3, 0.4) is 0 Å². The van der Waals surface area contributed by atoms with Crippen molar-refractivity contribution in [1.29, 1.82) is 0 Å². The number of halogens is 4. The van der Waals surface area contributed by atoms with Crippen molar-refractivity contribution in [2.45, 2.75) is 69.0 Å². The molecule has 0 radical (unpaired) electrons. The highest BCUT2D eigenvalue weighted by Crippen LogP contribution is 2.32. The van der Waals surface area contributed by atoms with Gasteiger partial charge >= 0.3 is 0 Å². The molecule has 43 heavy (non-hydrogen) atoms. The van der Waals surface area contributed by atoms with Crippen LogP contribution in [0.2, 0.25) is 20.1 Å². The molecular formula is C31H33Cl4N3O4S. The van der Waals surface area contributed by atoms with Gasteiger partial charge in [-0.05, 0) is 61.7 Å². The van der Waals surface area contributed by atoms with Gasteiger partial charge in [0.1, 0.15) is 12.6 Å². The van der Waals surface area contributed by atoms with E-state index in [0.29, 0.717) is 15.6 Å². The maximum absolute atomic E-state index is 14.3. The van der Waals surface area contributed by atoms with Crippen LogP contribution in [0.4, 0.5) is 5.69 Å². The van der Waals surface area contributed by atoms with E-state index in [-0.39, 0.29) is 45.5 Å². The van der Waals surface area contributed by atoms with Crippen LogP contribution in [0, 0.1) is 0 Å². The Morgan fingerprint density at radius 2 is 1.51 bits per heavy atom. The molecule has 1 aliphatic carbocycles. The maximum Gasteiger partial charge on any atom is 0.264 e. The summed E-state index contributed by atoms with van der Waals surface area (Å²) < 4.78 is 28.9. The van der Waals surface area contributed by atoms with Crippen molar-refractivity contribution in [3.63, 3.8) is 0 Å². The van der Waals surface area contributed by atoms with Gasteiger partial charge in [0.25, 0.3) is 10.0 Å². The molecule has 3 aromatic rings. The van der Waals surface area contributed by atoms with E-state index < -0.39 is 28.5 Å². The smallest absolute Gasteiger partial charge is 0.264 e. The first kappa shape index (κ1) is 33.4. The Bertz CT molecular complexity index is 1530. The summed E-state index contributed by atoms with van der Waals surface area (Å²) in [6, 6.07) is 16.2.